The zero-order valence-corrected chi connectivity index (χ0v) is 10.0. The van der Waals surface area contributed by atoms with Crippen molar-refractivity contribution in [2.24, 2.45) is 0 Å². The number of nitrogens with one attached hydrogen (secondary N) is 1. The van der Waals surface area contributed by atoms with E-state index in [1.165, 1.54) is 0 Å². The third kappa shape index (κ3) is 4.09. The van der Waals surface area contributed by atoms with E-state index in [0.29, 0.717) is 11.4 Å². The summed E-state index contributed by atoms with van der Waals surface area (Å²) >= 11 is 5.92. The minimum Gasteiger partial charge on any atom is -0.496 e. The zero-order chi connectivity index (χ0) is 11.8. The van der Waals surface area contributed by atoms with E-state index >= 15 is 0 Å². The molecule has 16 heavy (non-hydrogen) atoms. The van der Waals surface area contributed by atoms with Gasteiger partial charge in [0, 0.05) is 18.0 Å². The van der Waals surface area contributed by atoms with E-state index < -0.39 is 0 Å². The van der Waals surface area contributed by atoms with Crippen molar-refractivity contribution in [1.29, 1.82) is 5.26 Å². The monoisotopic (exact) mass is 238 g/mol. The topological polar surface area (TPSA) is 45.0 Å². The first kappa shape index (κ1) is 12.8. The fraction of sp³-hybridized carbons (Fsp3) is 0.417. The molecule has 0 saturated heterocycles. The number of benzene rings is 1. The molecule has 0 amide bonds. The van der Waals surface area contributed by atoms with Gasteiger partial charge >= 0.3 is 0 Å². The Balaban J connectivity index is 2.46. The molecule has 0 spiro atoms. The number of nitriles is 1. The standard InChI is InChI=1S/C12H15ClN2O/c1-16-12-4-3-11(13)9-10(12)5-8-15-7-2-6-14/h3-4,9,15H,2,5,7-8H2,1H3. The molecule has 1 aromatic carbocycles. The van der Waals surface area contributed by atoms with Crippen molar-refractivity contribution in [2.75, 3.05) is 20.2 Å². The Morgan fingerprint density at radius 3 is 2.94 bits per heavy atom. The number of hydrogen-bond donors (Lipinski definition) is 1. The summed E-state index contributed by atoms with van der Waals surface area (Å²) in [7, 11) is 1.65. The van der Waals surface area contributed by atoms with Crippen molar-refractivity contribution in [2.45, 2.75) is 12.8 Å². The normalized spacial score (nSPS) is 9.81. The fourth-order valence-electron chi connectivity index (χ4n) is 1.43. The van der Waals surface area contributed by atoms with Crippen molar-refractivity contribution in [3.8, 4) is 11.8 Å². The Labute approximate surface area is 101 Å². The average Bonchev–Trinajstić information content (AvgIpc) is 2.29. The van der Waals surface area contributed by atoms with Crippen LogP contribution in [0.5, 0.6) is 5.75 Å². The van der Waals surface area contributed by atoms with E-state index in [-0.39, 0.29) is 0 Å². The molecule has 86 valence electrons. The van der Waals surface area contributed by atoms with Crippen LogP contribution in [0.1, 0.15) is 12.0 Å². The minimum absolute atomic E-state index is 0.534. The molecule has 0 aliphatic heterocycles. The lowest BCUT2D eigenvalue weighted by molar-refractivity contribution is 0.409. The number of halogens is 1. The summed E-state index contributed by atoms with van der Waals surface area (Å²) < 4.78 is 5.24. The van der Waals surface area contributed by atoms with Crippen molar-refractivity contribution in [1.82, 2.24) is 5.32 Å². The Morgan fingerprint density at radius 1 is 1.44 bits per heavy atom. The molecule has 3 nitrogen and oxygen atoms in total. The molecule has 0 aromatic heterocycles. The van der Waals surface area contributed by atoms with Crippen LogP contribution >= 0.6 is 11.6 Å². The summed E-state index contributed by atoms with van der Waals surface area (Å²) in [6, 6.07) is 7.68. The molecule has 1 N–H and O–H groups in total. The summed E-state index contributed by atoms with van der Waals surface area (Å²) in [5.41, 5.74) is 1.08. The lowest BCUT2D eigenvalue weighted by Crippen LogP contribution is -2.18. The summed E-state index contributed by atoms with van der Waals surface area (Å²) in [6.45, 7) is 1.54. The Morgan fingerprint density at radius 2 is 2.25 bits per heavy atom. The van der Waals surface area contributed by atoms with E-state index in [1.807, 2.05) is 18.2 Å². The summed E-state index contributed by atoms with van der Waals surface area (Å²) in [4.78, 5) is 0. The Kier molecular flexibility index (Phi) is 5.69. The molecule has 0 heterocycles. The second-order valence-corrected chi connectivity index (χ2v) is 3.80. The molecule has 0 aliphatic carbocycles. The Bertz CT molecular complexity index is 374. The van der Waals surface area contributed by atoms with E-state index in [4.69, 9.17) is 21.6 Å². The predicted molar refractivity (Wildman–Crippen MR) is 64.8 cm³/mol. The lowest BCUT2D eigenvalue weighted by atomic mass is 10.1. The molecule has 1 rings (SSSR count). The number of rotatable bonds is 6. The van der Waals surface area contributed by atoms with Gasteiger partial charge in [-0.25, -0.2) is 0 Å². The van der Waals surface area contributed by atoms with Crippen LogP contribution in [0.2, 0.25) is 5.02 Å². The first-order valence-electron chi connectivity index (χ1n) is 5.18. The molecule has 0 bridgehead atoms. The maximum atomic E-state index is 8.37. The summed E-state index contributed by atoms with van der Waals surface area (Å²) in [5, 5.41) is 12.3. The zero-order valence-electron chi connectivity index (χ0n) is 9.29. The molecule has 0 unspecified atom stereocenters. The smallest absolute Gasteiger partial charge is 0.122 e. The molecule has 0 saturated carbocycles. The highest BCUT2D eigenvalue weighted by molar-refractivity contribution is 6.30. The minimum atomic E-state index is 0.534. The van der Waals surface area contributed by atoms with Gasteiger partial charge in [-0.05, 0) is 36.7 Å². The van der Waals surface area contributed by atoms with Gasteiger partial charge in [0.05, 0.1) is 13.2 Å². The van der Waals surface area contributed by atoms with E-state index in [0.717, 1.165) is 30.8 Å². The first-order chi connectivity index (χ1) is 7.77. The van der Waals surface area contributed by atoms with Gasteiger partial charge in [-0.3, -0.25) is 0 Å². The van der Waals surface area contributed by atoms with Gasteiger partial charge in [0.1, 0.15) is 5.75 Å². The highest BCUT2D eigenvalue weighted by atomic mass is 35.5. The van der Waals surface area contributed by atoms with Crippen LogP contribution in [-0.2, 0) is 6.42 Å². The molecule has 0 radical (unpaired) electrons. The van der Waals surface area contributed by atoms with Crippen LogP contribution in [0.4, 0.5) is 0 Å². The number of methoxy groups -OCH3 is 1. The molecular formula is C12H15ClN2O. The van der Waals surface area contributed by atoms with Crippen LogP contribution in [0.15, 0.2) is 18.2 Å². The largest absolute Gasteiger partial charge is 0.496 e. The number of nitrogens with zero attached hydrogens (tertiary/aromatic N) is 1. The quantitative estimate of drug-likeness (QED) is 0.774. The van der Waals surface area contributed by atoms with Crippen molar-refractivity contribution >= 4 is 11.6 Å². The van der Waals surface area contributed by atoms with E-state index in [2.05, 4.69) is 11.4 Å². The van der Waals surface area contributed by atoms with Crippen LogP contribution in [0, 0.1) is 11.3 Å². The van der Waals surface area contributed by atoms with Gasteiger partial charge in [0.2, 0.25) is 0 Å². The second-order valence-electron chi connectivity index (χ2n) is 3.36. The SMILES string of the molecule is COc1ccc(Cl)cc1CCNCCC#N. The van der Waals surface area contributed by atoms with E-state index in [1.54, 1.807) is 7.11 Å². The summed E-state index contributed by atoms with van der Waals surface area (Å²) in [6.07, 6.45) is 1.38. The lowest BCUT2D eigenvalue weighted by Gasteiger charge is -2.09. The second kappa shape index (κ2) is 7.10. The van der Waals surface area contributed by atoms with Crippen molar-refractivity contribution in [3.05, 3.63) is 28.8 Å². The van der Waals surface area contributed by atoms with Gasteiger partial charge in [-0.2, -0.15) is 5.26 Å². The van der Waals surface area contributed by atoms with Gasteiger partial charge in [-0.1, -0.05) is 11.6 Å². The highest BCUT2D eigenvalue weighted by Gasteiger charge is 2.03. The van der Waals surface area contributed by atoms with Gasteiger partial charge in [0.15, 0.2) is 0 Å². The van der Waals surface area contributed by atoms with Crippen LogP contribution in [0.25, 0.3) is 0 Å². The van der Waals surface area contributed by atoms with Crippen molar-refractivity contribution in [3.63, 3.8) is 0 Å². The molecule has 0 aliphatic rings. The third-order valence-electron chi connectivity index (χ3n) is 2.23. The number of hydrogen-bond acceptors (Lipinski definition) is 3. The maximum Gasteiger partial charge on any atom is 0.122 e. The van der Waals surface area contributed by atoms with Crippen LogP contribution < -0.4 is 10.1 Å². The number of ether oxygens (including phenoxy) is 1. The van der Waals surface area contributed by atoms with Crippen LogP contribution in [-0.4, -0.2) is 20.2 Å². The molecule has 0 fully saturated rings. The van der Waals surface area contributed by atoms with Gasteiger partial charge in [0.25, 0.3) is 0 Å². The Hall–Kier alpha value is -1.24. The molecule has 1 aromatic rings. The molecule has 4 heteroatoms. The highest BCUT2D eigenvalue weighted by Crippen LogP contribution is 2.22. The van der Waals surface area contributed by atoms with Crippen LogP contribution in [0.3, 0.4) is 0 Å². The molecular weight excluding hydrogens is 224 g/mol. The average molecular weight is 239 g/mol. The summed E-state index contributed by atoms with van der Waals surface area (Å²) in [5.74, 6) is 0.853. The first-order valence-corrected chi connectivity index (χ1v) is 5.56. The molecule has 0 atom stereocenters. The van der Waals surface area contributed by atoms with Gasteiger partial charge in [-0.15, -0.1) is 0 Å². The fourth-order valence-corrected chi connectivity index (χ4v) is 1.63. The third-order valence-corrected chi connectivity index (χ3v) is 2.46. The van der Waals surface area contributed by atoms with E-state index in [9.17, 15) is 0 Å². The predicted octanol–water partition coefficient (Wildman–Crippen LogP) is 2.39. The maximum absolute atomic E-state index is 8.37. The van der Waals surface area contributed by atoms with Crippen molar-refractivity contribution < 1.29 is 4.74 Å². The van der Waals surface area contributed by atoms with Gasteiger partial charge < -0.3 is 10.1 Å².